The molecule has 0 aliphatic heterocycles. The van der Waals surface area contributed by atoms with Crippen molar-refractivity contribution < 1.29 is 13.9 Å². The van der Waals surface area contributed by atoms with Gasteiger partial charge in [-0.1, -0.05) is 5.21 Å². The monoisotopic (exact) mass is 370 g/mol. The van der Waals surface area contributed by atoms with E-state index in [1.165, 1.54) is 41.3 Å². The smallest absolute Gasteiger partial charge is 0.348 e. The second-order valence-electron chi connectivity index (χ2n) is 5.45. The van der Waals surface area contributed by atoms with E-state index in [-0.39, 0.29) is 11.1 Å². The molecule has 130 valence electrons. The largest absolute Gasteiger partial charge is 0.465 e. The summed E-state index contributed by atoms with van der Waals surface area (Å²) in [4.78, 5) is 27.0. The minimum Gasteiger partial charge on any atom is -0.465 e. The molecule has 1 N–H and O–H groups in total. The fraction of sp³-hybridized carbons (Fsp3) is 0.0588. The Labute approximate surface area is 149 Å². The zero-order valence-electron chi connectivity index (χ0n) is 13.4. The number of hydrogen-bond donors (Lipinski definition) is 1. The Hall–Kier alpha value is -3.33. The first-order valence-corrected chi connectivity index (χ1v) is 8.35. The fourth-order valence-electron chi connectivity index (χ4n) is 2.54. The Morgan fingerprint density at radius 3 is 2.96 bits per heavy atom. The zero-order chi connectivity index (χ0) is 18.3. The highest BCUT2D eigenvalue weighted by atomic mass is 32.1. The van der Waals surface area contributed by atoms with Gasteiger partial charge in [0.05, 0.1) is 24.6 Å². The Balaban J connectivity index is 1.75. The zero-order valence-corrected chi connectivity index (χ0v) is 14.2. The molecule has 0 saturated heterocycles. The van der Waals surface area contributed by atoms with E-state index in [4.69, 9.17) is 0 Å². The molecule has 4 rings (SSSR count). The first-order valence-electron chi connectivity index (χ1n) is 7.47. The topological polar surface area (TPSA) is 89.9 Å². The third kappa shape index (κ3) is 2.78. The van der Waals surface area contributed by atoms with Gasteiger partial charge in [-0.3, -0.25) is 4.79 Å². The van der Waals surface area contributed by atoms with Crippen LogP contribution in [-0.4, -0.2) is 33.1 Å². The molecule has 9 heteroatoms. The van der Waals surface area contributed by atoms with Crippen LogP contribution in [0.4, 0.5) is 4.39 Å². The number of carbonyl (C=O) groups is 1. The first kappa shape index (κ1) is 16.2. The lowest BCUT2D eigenvalue weighted by Crippen LogP contribution is -2.08. The third-order valence-corrected chi connectivity index (χ3v) is 4.71. The predicted molar refractivity (Wildman–Crippen MR) is 94.1 cm³/mol. The number of esters is 1. The van der Waals surface area contributed by atoms with Crippen molar-refractivity contribution in [3.05, 3.63) is 63.0 Å². The van der Waals surface area contributed by atoms with E-state index < -0.39 is 11.8 Å². The maximum atomic E-state index is 13.4. The molecule has 0 fully saturated rings. The molecule has 0 saturated carbocycles. The number of methoxy groups -OCH3 is 1. The molecule has 0 aliphatic rings. The molecule has 0 atom stereocenters. The Bertz CT molecular complexity index is 1190. The molecular formula is C17H11FN4O3S. The number of nitrogens with zero attached hydrogens (tertiary/aromatic N) is 3. The summed E-state index contributed by atoms with van der Waals surface area (Å²) in [5.41, 5.74) is 1.42. The highest BCUT2D eigenvalue weighted by Gasteiger charge is 2.14. The molecule has 3 aromatic heterocycles. The van der Waals surface area contributed by atoms with Gasteiger partial charge in [0.1, 0.15) is 16.4 Å². The Morgan fingerprint density at radius 1 is 1.31 bits per heavy atom. The van der Waals surface area contributed by atoms with E-state index in [0.29, 0.717) is 27.2 Å². The van der Waals surface area contributed by atoms with Crippen molar-refractivity contribution >= 4 is 28.2 Å². The molecule has 0 aliphatic carbocycles. The fourth-order valence-corrected chi connectivity index (χ4v) is 3.33. The maximum absolute atomic E-state index is 13.4. The summed E-state index contributed by atoms with van der Waals surface area (Å²) in [6, 6.07) is 7.31. The molecule has 1 aromatic carbocycles. The summed E-state index contributed by atoms with van der Waals surface area (Å²) in [5, 5.41) is 10.3. The van der Waals surface area contributed by atoms with Crippen LogP contribution in [0.25, 0.3) is 27.8 Å². The highest BCUT2D eigenvalue weighted by Crippen LogP contribution is 2.22. The van der Waals surface area contributed by atoms with Gasteiger partial charge in [-0.15, -0.1) is 16.4 Å². The molecule has 3 heterocycles. The van der Waals surface area contributed by atoms with E-state index in [9.17, 15) is 14.0 Å². The van der Waals surface area contributed by atoms with Crippen LogP contribution in [0.15, 0.2) is 46.7 Å². The Morgan fingerprint density at radius 2 is 2.15 bits per heavy atom. The van der Waals surface area contributed by atoms with Crippen LogP contribution in [0.2, 0.25) is 0 Å². The molecule has 4 aromatic rings. The number of fused-ring (bicyclic) bond motifs is 1. The number of ether oxygens (including phenoxy) is 1. The summed E-state index contributed by atoms with van der Waals surface area (Å²) in [5.74, 6) is -0.831. The van der Waals surface area contributed by atoms with Gasteiger partial charge in [0, 0.05) is 16.3 Å². The second-order valence-corrected chi connectivity index (χ2v) is 6.36. The number of nitrogens with one attached hydrogen (secondary N) is 1. The minimum atomic E-state index is -0.436. The number of carbonyl (C=O) groups excluding carboxylic acids is 1. The second kappa shape index (κ2) is 6.19. The van der Waals surface area contributed by atoms with Gasteiger partial charge in [0.2, 0.25) is 0 Å². The van der Waals surface area contributed by atoms with E-state index in [1.54, 1.807) is 23.7 Å². The lowest BCUT2D eigenvalue weighted by Gasteiger charge is -2.00. The number of rotatable bonds is 3. The van der Waals surface area contributed by atoms with Gasteiger partial charge in [0.15, 0.2) is 0 Å². The van der Waals surface area contributed by atoms with Crippen LogP contribution in [0.5, 0.6) is 0 Å². The lowest BCUT2D eigenvalue weighted by molar-refractivity contribution is 0.0606. The lowest BCUT2D eigenvalue weighted by atomic mass is 10.1. The predicted octanol–water partition coefficient (Wildman–Crippen LogP) is 2.76. The van der Waals surface area contributed by atoms with E-state index >= 15 is 0 Å². The van der Waals surface area contributed by atoms with Gasteiger partial charge in [-0.25, -0.2) is 13.9 Å². The highest BCUT2D eigenvalue weighted by molar-refractivity contribution is 7.12. The van der Waals surface area contributed by atoms with Crippen LogP contribution in [0, 0.1) is 5.82 Å². The first-order chi connectivity index (χ1) is 12.5. The average Bonchev–Trinajstić information content (AvgIpc) is 3.30. The van der Waals surface area contributed by atoms with Crippen LogP contribution in [0.3, 0.4) is 0 Å². The SMILES string of the molecule is COC(=O)c1cc(-n2cc(-c3cc4cc(F)ccc4[nH]c3=O)nn2)cs1. The van der Waals surface area contributed by atoms with Crippen molar-refractivity contribution in [2.24, 2.45) is 0 Å². The standard InChI is InChI=1S/C17H11FN4O3S/c1-25-17(24)15-6-11(8-26-15)22-7-14(20-21-22)12-5-9-4-10(18)2-3-13(9)19-16(12)23/h2-8H,1H3,(H,19,23). The molecule has 0 spiro atoms. The summed E-state index contributed by atoms with van der Waals surface area (Å²) >= 11 is 1.22. The summed E-state index contributed by atoms with van der Waals surface area (Å²) in [6.45, 7) is 0. The summed E-state index contributed by atoms with van der Waals surface area (Å²) in [7, 11) is 1.31. The van der Waals surface area contributed by atoms with E-state index in [2.05, 4.69) is 20.0 Å². The summed E-state index contributed by atoms with van der Waals surface area (Å²) < 4.78 is 19.6. The third-order valence-electron chi connectivity index (χ3n) is 3.81. The molecule has 0 radical (unpaired) electrons. The van der Waals surface area contributed by atoms with Crippen molar-refractivity contribution in [1.82, 2.24) is 20.0 Å². The number of H-pyrrole nitrogens is 1. The molecule has 7 nitrogen and oxygen atoms in total. The van der Waals surface area contributed by atoms with Crippen molar-refractivity contribution in [2.75, 3.05) is 7.11 Å². The number of aromatic amines is 1. The van der Waals surface area contributed by atoms with Crippen molar-refractivity contribution in [2.45, 2.75) is 0 Å². The van der Waals surface area contributed by atoms with Crippen molar-refractivity contribution in [1.29, 1.82) is 0 Å². The molecule has 0 amide bonds. The molecule has 26 heavy (non-hydrogen) atoms. The molecular weight excluding hydrogens is 359 g/mol. The summed E-state index contributed by atoms with van der Waals surface area (Å²) in [6.07, 6.45) is 1.57. The molecule has 0 unspecified atom stereocenters. The normalized spacial score (nSPS) is 11.0. The quantitative estimate of drug-likeness (QED) is 0.560. The maximum Gasteiger partial charge on any atom is 0.348 e. The van der Waals surface area contributed by atoms with Gasteiger partial charge in [-0.05, 0) is 30.3 Å². The van der Waals surface area contributed by atoms with Gasteiger partial charge in [0.25, 0.3) is 5.56 Å². The average molecular weight is 370 g/mol. The number of halogens is 1. The van der Waals surface area contributed by atoms with Crippen molar-refractivity contribution in [3.63, 3.8) is 0 Å². The van der Waals surface area contributed by atoms with Gasteiger partial charge < -0.3 is 9.72 Å². The van der Waals surface area contributed by atoms with Gasteiger partial charge in [-0.2, -0.15) is 0 Å². The van der Waals surface area contributed by atoms with Crippen LogP contribution in [0.1, 0.15) is 9.67 Å². The molecule has 0 bridgehead atoms. The number of aromatic nitrogens is 4. The Kier molecular flexibility index (Phi) is 3.85. The van der Waals surface area contributed by atoms with E-state index in [1.807, 2.05) is 0 Å². The number of benzene rings is 1. The minimum absolute atomic E-state index is 0.276. The number of thiophene rings is 1. The number of pyridine rings is 1. The number of hydrogen-bond acceptors (Lipinski definition) is 6. The van der Waals surface area contributed by atoms with Crippen LogP contribution < -0.4 is 5.56 Å². The van der Waals surface area contributed by atoms with Crippen LogP contribution >= 0.6 is 11.3 Å². The van der Waals surface area contributed by atoms with Gasteiger partial charge >= 0.3 is 5.97 Å². The van der Waals surface area contributed by atoms with Crippen LogP contribution in [-0.2, 0) is 4.74 Å². The van der Waals surface area contributed by atoms with E-state index in [0.717, 1.165) is 0 Å². The van der Waals surface area contributed by atoms with Crippen molar-refractivity contribution in [3.8, 4) is 16.9 Å².